The van der Waals surface area contributed by atoms with Gasteiger partial charge in [-0.15, -0.1) is 0 Å². The average molecular weight is 610 g/mol. The van der Waals surface area contributed by atoms with Gasteiger partial charge in [-0.3, -0.25) is 4.79 Å². The maximum absolute atomic E-state index is 12.8. The molecule has 4 rings (SSSR count). The predicted octanol–water partition coefficient (Wildman–Crippen LogP) is 8.74. The molecular formula is C30H23BrCl2N2O3. The highest BCUT2D eigenvalue weighted by molar-refractivity contribution is 9.10. The fourth-order valence-corrected chi connectivity index (χ4v) is 4.82. The van der Waals surface area contributed by atoms with Crippen LogP contribution in [0.15, 0.2) is 76.8 Å². The number of hydrogen-bond acceptors (Lipinski definition) is 4. The van der Waals surface area contributed by atoms with Gasteiger partial charge in [0.25, 0.3) is 5.91 Å². The van der Waals surface area contributed by atoms with E-state index in [-0.39, 0.29) is 5.57 Å². The van der Waals surface area contributed by atoms with E-state index in [1.165, 1.54) is 12.1 Å². The van der Waals surface area contributed by atoms with E-state index in [2.05, 4.69) is 52.4 Å². The fraction of sp³-hybridized carbons (Fsp3) is 0.133. The van der Waals surface area contributed by atoms with Crippen LogP contribution in [0.1, 0.15) is 23.6 Å². The van der Waals surface area contributed by atoms with Crippen molar-refractivity contribution in [3.05, 3.63) is 104 Å². The van der Waals surface area contributed by atoms with Gasteiger partial charge in [0.2, 0.25) is 0 Å². The highest BCUT2D eigenvalue weighted by Crippen LogP contribution is 2.39. The number of hydrogen-bond donors (Lipinski definition) is 1. The lowest BCUT2D eigenvalue weighted by molar-refractivity contribution is -0.112. The largest absolute Gasteiger partial charge is 0.490 e. The van der Waals surface area contributed by atoms with Crippen molar-refractivity contribution in [3.8, 4) is 17.6 Å². The number of halogens is 3. The second-order valence-corrected chi connectivity index (χ2v) is 10.1. The number of aryl methyl sites for hydroxylation is 1. The summed E-state index contributed by atoms with van der Waals surface area (Å²) < 4.78 is 12.8. The highest BCUT2D eigenvalue weighted by atomic mass is 79.9. The molecule has 0 unspecified atom stereocenters. The van der Waals surface area contributed by atoms with Crippen molar-refractivity contribution < 1.29 is 14.3 Å². The van der Waals surface area contributed by atoms with E-state index in [0.717, 1.165) is 21.9 Å². The molecule has 5 nitrogen and oxygen atoms in total. The van der Waals surface area contributed by atoms with Crippen LogP contribution in [0.4, 0.5) is 5.69 Å². The normalized spacial score (nSPS) is 11.2. The molecule has 0 spiro atoms. The van der Waals surface area contributed by atoms with Crippen LogP contribution in [0.2, 0.25) is 10.0 Å². The number of fused-ring (bicyclic) bond motifs is 1. The zero-order valence-corrected chi connectivity index (χ0v) is 23.7. The third-order valence-electron chi connectivity index (χ3n) is 5.82. The molecule has 1 N–H and O–H groups in total. The Hall–Kier alpha value is -3.50. The molecule has 38 heavy (non-hydrogen) atoms. The summed E-state index contributed by atoms with van der Waals surface area (Å²) in [5.74, 6) is 0.454. The second-order valence-electron chi connectivity index (χ2n) is 8.39. The number of anilines is 1. The molecule has 0 aromatic heterocycles. The Bertz CT molecular complexity index is 1590. The van der Waals surface area contributed by atoms with Gasteiger partial charge in [0.15, 0.2) is 11.5 Å². The maximum atomic E-state index is 12.8. The zero-order chi connectivity index (χ0) is 27.2. The molecule has 8 heteroatoms. The SMILES string of the molecule is CCOc1cc(/C=C(\C#N)C(=O)Nc2ccc(Cl)c(Cl)c2)cc(Br)c1OCc1c(C)ccc2ccccc12. The van der Waals surface area contributed by atoms with Crippen LogP contribution in [0.3, 0.4) is 0 Å². The first kappa shape index (κ1) is 27.5. The quantitative estimate of drug-likeness (QED) is 0.160. The van der Waals surface area contributed by atoms with E-state index in [9.17, 15) is 10.1 Å². The molecule has 1 amide bonds. The Morgan fingerprint density at radius 2 is 1.84 bits per heavy atom. The van der Waals surface area contributed by atoms with Crippen molar-refractivity contribution in [2.75, 3.05) is 11.9 Å². The van der Waals surface area contributed by atoms with Crippen LogP contribution >= 0.6 is 39.1 Å². The van der Waals surface area contributed by atoms with Gasteiger partial charge in [-0.05, 0) is 88.1 Å². The van der Waals surface area contributed by atoms with Crippen molar-refractivity contribution in [1.29, 1.82) is 5.26 Å². The van der Waals surface area contributed by atoms with Gasteiger partial charge in [-0.25, -0.2) is 0 Å². The van der Waals surface area contributed by atoms with Crippen LogP contribution < -0.4 is 14.8 Å². The third-order valence-corrected chi connectivity index (χ3v) is 7.15. The molecule has 0 heterocycles. The Morgan fingerprint density at radius 1 is 1.05 bits per heavy atom. The van der Waals surface area contributed by atoms with Crippen molar-refractivity contribution in [3.63, 3.8) is 0 Å². The van der Waals surface area contributed by atoms with Crippen LogP contribution in [0.5, 0.6) is 11.5 Å². The van der Waals surface area contributed by atoms with Crippen LogP contribution in [0.25, 0.3) is 16.8 Å². The molecule has 0 aliphatic heterocycles. The van der Waals surface area contributed by atoms with E-state index >= 15 is 0 Å². The van der Waals surface area contributed by atoms with Gasteiger partial charge in [-0.2, -0.15) is 5.26 Å². The van der Waals surface area contributed by atoms with E-state index in [1.807, 2.05) is 25.1 Å². The second kappa shape index (κ2) is 12.4. The number of nitrogens with zero attached hydrogens (tertiary/aromatic N) is 1. The first-order valence-electron chi connectivity index (χ1n) is 11.7. The molecule has 0 atom stereocenters. The third kappa shape index (κ3) is 6.31. The van der Waals surface area contributed by atoms with Gasteiger partial charge >= 0.3 is 0 Å². The molecule has 192 valence electrons. The van der Waals surface area contributed by atoms with Gasteiger partial charge in [0.1, 0.15) is 18.2 Å². The summed E-state index contributed by atoms with van der Waals surface area (Å²) in [5, 5.41) is 15.3. The number of rotatable bonds is 8. The first-order valence-corrected chi connectivity index (χ1v) is 13.3. The first-order chi connectivity index (χ1) is 18.3. The Balaban J connectivity index is 1.61. The standard InChI is InChI=1S/C30H23BrCl2N2O3/c1-3-37-28-14-19(12-21(16-34)30(36)35-22-10-11-26(32)27(33)15-22)13-25(31)29(28)38-17-24-18(2)8-9-20-6-4-5-7-23(20)24/h4-15H,3,17H2,1-2H3,(H,35,36)/b21-12+. The molecule has 0 fully saturated rings. The Labute approximate surface area is 239 Å². The zero-order valence-electron chi connectivity index (χ0n) is 20.6. The van der Waals surface area contributed by atoms with Crippen LogP contribution in [-0.4, -0.2) is 12.5 Å². The molecule has 0 saturated carbocycles. The lowest BCUT2D eigenvalue weighted by Crippen LogP contribution is -2.13. The smallest absolute Gasteiger partial charge is 0.266 e. The minimum atomic E-state index is -0.577. The minimum absolute atomic E-state index is 0.0922. The van der Waals surface area contributed by atoms with E-state index in [4.69, 9.17) is 32.7 Å². The number of nitrogens with one attached hydrogen (secondary N) is 1. The maximum Gasteiger partial charge on any atom is 0.266 e. The van der Waals surface area contributed by atoms with E-state index in [1.54, 1.807) is 24.3 Å². The highest BCUT2D eigenvalue weighted by Gasteiger charge is 2.16. The Kier molecular flexibility index (Phi) is 8.96. The number of amides is 1. The van der Waals surface area contributed by atoms with E-state index in [0.29, 0.717) is 50.5 Å². The summed E-state index contributed by atoms with van der Waals surface area (Å²) in [6.45, 7) is 4.69. The summed E-state index contributed by atoms with van der Waals surface area (Å²) in [6, 6.07) is 22.5. The molecule has 0 radical (unpaired) electrons. The van der Waals surface area contributed by atoms with E-state index < -0.39 is 5.91 Å². The summed E-state index contributed by atoms with van der Waals surface area (Å²) in [7, 11) is 0. The lowest BCUT2D eigenvalue weighted by atomic mass is 10.0. The lowest BCUT2D eigenvalue weighted by Gasteiger charge is -2.17. The molecule has 4 aromatic rings. The number of nitriles is 1. The minimum Gasteiger partial charge on any atom is -0.490 e. The van der Waals surface area contributed by atoms with Gasteiger partial charge in [0.05, 0.1) is 21.1 Å². The van der Waals surface area contributed by atoms with Crippen molar-refractivity contribution in [2.45, 2.75) is 20.5 Å². The number of ether oxygens (including phenoxy) is 2. The topological polar surface area (TPSA) is 71.3 Å². The van der Waals surface area contributed by atoms with Gasteiger partial charge in [-0.1, -0.05) is 59.6 Å². The average Bonchev–Trinajstić information content (AvgIpc) is 2.90. The molecular weight excluding hydrogens is 587 g/mol. The molecule has 0 aliphatic rings. The Morgan fingerprint density at radius 3 is 2.58 bits per heavy atom. The van der Waals surface area contributed by atoms with Gasteiger partial charge in [0, 0.05) is 11.3 Å². The monoisotopic (exact) mass is 608 g/mol. The van der Waals surface area contributed by atoms with Crippen LogP contribution in [0, 0.1) is 18.3 Å². The number of carbonyl (C=O) groups excluding carboxylic acids is 1. The predicted molar refractivity (Wildman–Crippen MR) is 157 cm³/mol. The molecule has 0 saturated heterocycles. The van der Waals surface area contributed by atoms with Crippen molar-refractivity contribution in [1.82, 2.24) is 0 Å². The fourth-order valence-electron chi connectivity index (χ4n) is 3.94. The summed E-state index contributed by atoms with van der Waals surface area (Å²) in [4.78, 5) is 12.8. The van der Waals surface area contributed by atoms with Crippen molar-refractivity contribution >= 4 is 67.6 Å². The number of benzene rings is 4. The number of carbonyl (C=O) groups is 1. The molecule has 4 aromatic carbocycles. The molecule has 0 aliphatic carbocycles. The van der Waals surface area contributed by atoms with Crippen molar-refractivity contribution in [2.24, 2.45) is 0 Å². The summed E-state index contributed by atoms with van der Waals surface area (Å²) in [5.41, 5.74) is 3.14. The summed E-state index contributed by atoms with van der Waals surface area (Å²) >= 11 is 15.5. The van der Waals surface area contributed by atoms with Crippen LogP contribution in [-0.2, 0) is 11.4 Å². The summed E-state index contributed by atoms with van der Waals surface area (Å²) in [6.07, 6.45) is 1.48. The van der Waals surface area contributed by atoms with Gasteiger partial charge < -0.3 is 14.8 Å². The molecule has 0 bridgehead atoms.